The van der Waals surface area contributed by atoms with E-state index in [9.17, 15) is 8.76 Å². The smallest absolute Gasteiger partial charge is 0.0482 e. The first-order valence-electron chi connectivity index (χ1n) is 4.67. The predicted octanol–water partition coefficient (Wildman–Crippen LogP) is 2.09. The minimum atomic E-state index is -2.17. The molecule has 1 atom stereocenters. The van der Waals surface area contributed by atoms with Gasteiger partial charge in [-0.15, -0.1) is 0 Å². The second-order valence-corrected chi connectivity index (χ2v) is 3.88. The van der Waals surface area contributed by atoms with Gasteiger partial charge < -0.3 is 8.86 Å². The normalized spacial score (nSPS) is 12.4. The lowest BCUT2D eigenvalue weighted by atomic mass is 10.3. The van der Waals surface area contributed by atoms with Crippen LogP contribution in [-0.2, 0) is 11.3 Å². The molecule has 0 spiro atoms. The molecule has 0 amide bonds. The highest BCUT2D eigenvalue weighted by molar-refractivity contribution is 7.80. The number of benzene rings is 1. The molecule has 1 unspecified atom stereocenters. The van der Waals surface area contributed by atoms with Crippen molar-refractivity contribution in [3.8, 4) is 0 Å². The molecule has 0 fully saturated rings. The van der Waals surface area contributed by atoms with Crippen molar-refractivity contribution in [3.05, 3.63) is 30.3 Å². The molecule has 1 aromatic rings. The fourth-order valence-electron chi connectivity index (χ4n) is 1.19. The quantitative estimate of drug-likeness (QED) is 0.701. The fraction of sp³-hybridized carbons (Fsp3) is 0.400. The molecule has 1 aromatic carbocycles. The highest BCUT2D eigenvalue weighted by Crippen LogP contribution is 2.15. The molecular formula is C10H14NO2S-. The molecule has 0 aliphatic rings. The van der Waals surface area contributed by atoms with Crippen LogP contribution in [0, 0.1) is 0 Å². The average Bonchev–Trinajstić information content (AvgIpc) is 2.19. The molecule has 1 rings (SSSR count). The number of hydrogen-bond acceptors (Lipinski definition) is 2. The largest absolute Gasteiger partial charge is 0.755 e. The number of anilines is 1. The maximum atomic E-state index is 10.9. The van der Waals surface area contributed by atoms with Crippen LogP contribution in [0.5, 0.6) is 0 Å². The first kappa shape index (κ1) is 11.2. The molecule has 0 bridgehead atoms. The van der Waals surface area contributed by atoms with Crippen molar-refractivity contribution >= 4 is 17.0 Å². The maximum Gasteiger partial charge on any atom is 0.0482 e. The standard InChI is InChI=1S/C10H15NO2S/c1-2-3-9-11(14(12)13)10-7-5-4-6-8-10/h4-8H,2-3,9H2,1H3,(H,12,13)/p-1. The summed E-state index contributed by atoms with van der Waals surface area (Å²) in [5.41, 5.74) is 0.731. The third-order valence-corrected chi connectivity index (χ3v) is 2.69. The van der Waals surface area contributed by atoms with E-state index in [1.165, 1.54) is 4.31 Å². The van der Waals surface area contributed by atoms with Crippen molar-refractivity contribution in [2.24, 2.45) is 0 Å². The Morgan fingerprint density at radius 3 is 2.50 bits per heavy atom. The molecule has 0 saturated heterocycles. The van der Waals surface area contributed by atoms with Crippen LogP contribution in [0.15, 0.2) is 30.3 Å². The molecule has 0 aliphatic heterocycles. The lowest BCUT2D eigenvalue weighted by molar-refractivity contribution is 0.530. The molecule has 0 aromatic heterocycles. The van der Waals surface area contributed by atoms with E-state index < -0.39 is 11.3 Å². The first-order chi connectivity index (χ1) is 6.75. The molecule has 0 heterocycles. The summed E-state index contributed by atoms with van der Waals surface area (Å²) in [6.45, 7) is 2.59. The van der Waals surface area contributed by atoms with Gasteiger partial charge in [-0.1, -0.05) is 31.5 Å². The Bertz CT molecular complexity index is 289. The van der Waals surface area contributed by atoms with Gasteiger partial charge in [-0.05, 0) is 18.6 Å². The Labute approximate surface area is 87.2 Å². The molecule has 0 saturated carbocycles. The third kappa shape index (κ3) is 3.12. The highest BCUT2D eigenvalue weighted by atomic mass is 32.2. The zero-order valence-electron chi connectivity index (χ0n) is 8.18. The molecule has 78 valence electrons. The highest BCUT2D eigenvalue weighted by Gasteiger charge is 2.04. The van der Waals surface area contributed by atoms with Gasteiger partial charge >= 0.3 is 0 Å². The summed E-state index contributed by atoms with van der Waals surface area (Å²) in [6, 6.07) is 9.13. The molecule has 3 nitrogen and oxygen atoms in total. The van der Waals surface area contributed by atoms with E-state index in [0.717, 1.165) is 18.5 Å². The summed E-state index contributed by atoms with van der Waals surface area (Å²) in [5, 5.41) is 0. The Morgan fingerprint density at radius 2 is 2.00 bits per heavy atom. The molecule has 0 radical (unpaired) electrons. The van der Waals surface area contributed by atoms with E-state index >= 15 is 0 Å². The number of rotatable bonds is 5. The van der Waals surface area contributed by atoms with Gasteiger partial charge in [0.05, 0.1) is 0 Å². The van der Waals surface area contributed by atoms with Crippen LogP contribution >= 0.6 is 0 Å². The zero-order chi connectivity index (χ0) is 10.4. The number of unbranched alkanes of at least 4 members (excludes halogenated alkanes) is 1. The minimum absolute atomic E-state index is 0.552. The monoisotopic (exact) mass is 212 g/mol. The summed E-state index contributed by atoms with van der Waals surface area (Å²) >= 11 is -2.17. The molecule has 0 aliphatic carbocycles. The van der Waals surface area contributed by atoms with Crippen LogP contribution in [-0.4, -0.2) is 15.3 Å². The van der Waals surface area contributed by atoms with Crippen molar-refractivity contribution in [1.82, 2.24) is 0 Å². The van der Waals surface area contributed by atoms with Crippen molar-refractivity contribution in [2.75, 3.05) is 10.8 Å². The van der Waals surface area contributed by atoms with E-state index in [1.54, 1.807) is 12.1 Å². The van der Waals surface area contributed by atoms with Crippen molar-refractivity contribution in [3.63, 3.8) is 0 Å². The van der Waals surface area contributed by atoms with Crippen molar-refractivity contribution in [1.29, 1.82) is 0 Å². The van der Waals surface area contributed by atoms with Crippen molar-refractivity contribution < 1.29 is 8.76 Å². The Hall–Kier alpha value is -0.870. The van der Waals surface area contributed by atoms with Crippen LogP contribution in [0.2, 0.25) is 0 Å². The number of nitrogens with zero attached hydrogens (tertiary/aromatic N) is 1. The molecular weight excluding hydrogens is 198 g/mol. The lowest BCUT2D eigenvalue weighted by Gasteiger charge is -2.26. The van der Waals surface area contributed by atoms with Gasteiger partial charge in [-0.3, -0.25) is 4.21 Å². The van der Waals surface area contributed by atoms with Gasteiger partial charge in [0.1, 0.15) is 0 Å². The van der Waals surface area contributed by atoms with Gasteiger partial charge in [0, 0.05) is 23.5 Å². The second-order valence-electron chi connectivity index (χ2n) is 3.01. The van der Waals surface area contributed by atoms with E-state index in [0.29, 0.717) is 6.54 Å². The van der Waals surface area contributed by atoms with Crippen LogP contribution in [0.1, 0.15) is 19.8 Å². The summed E-state index contributed by atoms with van der Waals surface area (Å²) in [5.74, 6) is 0. The van der Waals surface area contributed by atoms with Gasteiger partial charge in [0.2, 0.25) is 0 Å². The van der Waals surface area contributed by atoms with E-state index in [-0.39, 0.29) is 0 Å². The molecule has 0 N–H and O–H groups in total. The second kappa shape index (κ2) is 5.78. The predicted molar refractivity (Wildman–Crippen MR) is 57.6 cm³/mol. The minimum Gasteiger partial charge on any atom is -0.755 e. The summed E-state index contributed by atoms with van der Waals surface area (Å²) in [4.78, 5) is 0. The van der Waals surface area contributed by atoms with Crippen LogP contribution in [0.4, 0.5) is 5.69 Å². The Morgan fingerprint density at radius 1 is 1.36 bits per heavy atom. The summed E-state index contributed by atoms with van der Waals surface area (Å²) < 4.78 is 23.2. The molecule has 4 heteroatoms. The summed E-state index contributed by atoms with van der Waals surface area (Å²) in [7, 11) is 0. The SMILES string of the molecule is CCCCN(c1ccccc1)S(=O)[O-]. The maximum absolute atomic E-state index is 10.9. The zero-order valence-corrected chi connectivity index (χ0v) is 9.00. The topological polar surface area (TPSA) is 43.4 Å². The van der Waals surface area contributed by atoms with Gasteiger partial charge in [-0.25, -0.2) is 0 Å². The number of hydrogen-bond donors (Lipinski definition) is 0. The Kier molecular flexibility index (Phi) is 4.62. The lowest BCUT2D eigenvalue weighted by Crippen LogP contribution is -2.26. The summed E-state index contributed by atoms with van der Waals surface area (Å²) in [6.07, 6.45) is 1.86. The fourth-order valence-corrected chi connectivity index (χ4v) is 1.76. The van der Waals surface area contributed by atoms with E-state index in [2.05, 4.69) is 0 Å². The third-order valence-electron chi connectivity index (χ3n) is 1.94. The van der Waals surface area contributed by atoms with E-state index in [4.69, 9.17) is 0 Å². The Balaban J connectivity index is 2.73. The van der Waals surface area contributed by atoms with Crippen LogP contribution in [0.3, 0.4) is 0 Å². The van der Waals surface area contributed by atoms with Crippen molar-refractivity contribution in [2.45, 2.75) is 19.8 Å². The van der Waals surface area contributed by atoms with Crippen LogP contribution in [0.25, 0.3) is 0 Å². The van der Waals surface area contributed by atoms with Gasteiger partial charge in [0.15, 0.2) is 0 Å². The van der Waals surface area contributed by atoms with Gasteiger partial charge in [0.25, 0.3) is 0 Å². The van der Waals surface area contributed by atoms with E-state index in [1.807, 2.05) is 25.1 Å². The average molecular weight is 212 g/mol. The number of para-hydroxylation sites is 1. The first-order valence-corrected chi connectivity index (χ1v) is 5.71. The molecule has 14 heavy (non-hydrogen) atoms. The van der Waals surface area contributed by atoms with Crippen LogP contribution < -0.4 is 4.31 Å². The van der Waals surface area contributed by atoms with Gasteiger partial charge in [-0.2, -0.15) is 0 Å².